The fourth-order valence-corrected chi connectivity index (χ4v) is 4.54. The minimum Gasteiger partial charge on any atom is -0.357 e. The number of pyridine rings is 1. The van der Waals surface area contributed by atoms with E-state index in [1.165, 1.54) is 0 Å². The first-order valence-electron chi connectivity index (χ1n) is 7.83. The fourth-order valence-electron chi connectivity index (χ4n) is 2.34. The van der Waals surface area contributed by atoms with Gasteiger partial charge in [-0.05, 0) is 66.0 Å². The van der Waals surface area contributed by atoms with Gasteiger partial charge in [0.2, 0.25) is 10.0 Å². The summed E-state index contributed by atoms with van der Waals surface area (Å²) in [5.74, 6) is 0.896. The fraction of sp³-hybridized carbons (Fsp3) is 0.353. The summed E-state index contributed by atoms with van der Waals surface area (Å²) in [4.78, 5) is 6.78. The Kier molecular flexibility index (Phi) is 6.37. The van der Waals surface area contributed by atoms with Gasteiger partial charge >= 0.3 is 0 Å². The van der Waals surface area contributed by atoms with Crippen LogP contribution in [0.25, 0.3) is 0 Å². The van der Waals surface area contributed by atoms with Gasteiger partial charge in [0.1, 0.15) is 5.82 Å². The molecule has 1 N–H and O–H groups in total. The standard InChI is InChI=1S/C17H22BrN3O2S/c1-4-21(5-2)17-9-7-14(11-19-17)12-20-24(22,23)16-8-6-13(3)10-15(16)18/h6-11,20H,4-5,12H2,1-3H3. The summed E-state index contributed by atoms with van der Waals surface area (Å²) in [5, 5.41) is 0. The zero-order chi connectivity index (χ0) is 17.7. The van der Waals surface area contributed by atoms with Crippen LogP contribution in [0.2, 0.25) is 0 Å². The van der Waals surface area contributed by atoms with Gasteiger partial charge in [0.05, 0.1) is 4.90 Å². The first-order chi connectivity index (χ1) is 11.4. The van der Waals surface area contributed by atoms with E-state index in [-0.39, 0.29) is 11.4 Å². The second-order valence-corrected chi connectivity index (χ2v) is 8.05. The SMILES string of the molecule is CCN(CC)c1ccc(CNS(=O)(=O)c2ccc(C)cc2Br)cn1. The topological polar surface area (TPSA) is 62.3 Å². The number of rotatable bonds is 7. The molecule has 0 spiro atoms. The third kappa shape index (κ3) is 4.55. The molecule has 2 aromatic rings. The number of nitrogens with one attached hydrogen (secondary N) is 1. The lowest BCUT2D eigenvalue weighted by molar-refractivity contribution is 0.580. The maximum absolute atomic E-state index is 12.4. The average molecular weight is 412 g/mol. The Morgan fingerprint density at radius 2 is 1.88 bits per heavy atom. The number of aryl methyl sites for hydroxylation is 1. The summed E-state index contributed by atoms with van der Waals surface area (Å²) < 4.78 is 28.0. The highest BCUT2D eigenvalue weighted by Gasteiger charge is 2.17. The maximum atomic E-state index is 12.4. The van der Waals surface area contributed by atoms with Crippen molar-refractivity contribution in [2.45, 2.75) is 32.2 Å². The third-order valence-electron chi connectivity index (χ3n) is 3.74. The molecule has 0 aliphatic carbocycles. The van der Waals surface area contributed by atoms with Crippen molar-refractivity contribution >= 4 is 31.8 Å². The second kappa shape index (κ2) is 8.09. The lowest BCUT2D eigenvalue weighted by atomic mass is 10.2. The molecular weight excluding hydrogens is 390 g/mol. The van der Waals surface area contributed by atoms with Gasteiger partial charge < -0.3 is 4.90 Å². The molecule has 7 heteroatoms. The summed E-state index contributed by atoms with van der Waals surface area (Å²) in [6.45, 7) is 8.04. The number of hydrogen-bond acceptors (Lipinski definition) is 4. The van der Waals surface area contributed by atoms with E-state index in [1.54, 1.807) is 24.4 Å². The summed E-state index contributed by atoms with van der Waals surface area (Å²) in [7, 11) is -3.58. The van der Waals surface area contributed by atoms with Gasteiger partial charge in [-0.3, -0.25) is 0 Å². The van der Waals surface area contributed by atoms with E-state index in [0.29, 0.717) is 4.47 Å². The molecule has 0 amide bonds. The van der Waals surface area contributed by atoms with Crippen LogP contribution in [0.1, 0.15) is 25.0 Å². The van der Waals surface area contributed by atoms with Gasteiger partial charge in [-0.2, -0.15) is 0 Å². The van der Waals surface area contributed by atoms with Gasteiger partial charge in [-0.25, -0.2) is 18.1 Å². The van der Waals surface area contributed by atoms with Gasteiger partial charge in [-0.1, -0.05) is 12.1 Å². The highest BCUT2D eigenvalue weighted by atomic mass is 79.9. The quantitative estimate of drug-likeness (QED) is 0.757. The first kappa shape index (κ1) is 18.9. The van der Waals surface area contributed by atoms with Gasteiger partial charge in [0, 0.05) is 30.3 Å². The number of hydrogen-bond donors (Lipinski definition) is 1. The van der Waals surface area contributed by atoms with Crippen molar-refractivity contribution in [1.29, 1.82) is 0 Å². The molecule has 24 heavy (non-hydrogen) atoms. The summed E-state index contributed by atoms with van der Waals surface area (Å²) in [5.41, 5.74) is 1.81. The molecule has 0 saturated carbocycles. The second-order valence-electron chi connectivity index (χ2n) is 5.46. The number of benzene rings is 1. The largest absolute Gasteiger partial charge is 0.357 e. The molecule has 0 fully saturated rings. The van der Waals surface area contributed by atoms with Crippen molar-refractivity contribution in [2.75, 3.05) is 18.0 Å². The lowest BCUT2D eigenvalue weighted by Gasteiger charge is -2.19. The molecule has 0 unspecified atom stereocenters. The van der Waals surface area contributed by atoms with Crippen LogP contribution in [-0.2, 0) is 16.6 Å². The van der Waals surface area contributed by atoms with Crippen LogP contribution >= 0.6 is 15.9 Å². The Hall–Kier alpha value is -1.44. The summed E-state index contributed by atoms with van der Waals surface area (Å²) >= 11 is 3.31. The minimum atomic E-state index is -3.58. The molecule has 1 heterocycles. The predicted molar refractivity (Wildman–Crippen MR) is 101 cm³/mol. The van der Waals surface area contributed by atoms with E-state index in [2.05, 4.69) is 44.4 Å². The van der Waals surface area contributed by atoms with Crippen LogP contribution in [0.15, 0.2) is 45.9 Å². The van der Waals surface area contributed by atoms with E-state index in [1.807, 2.05) is 19.1 Å². The summed E-state index contributed by atoms with van der Waals surface area (Å²) in [6, 6.07) is 8.98. The Morgan fingerprint density at radius 3 is 2.42 bits per heavy atom. The van der Waals surface area contributed by atoms with E-state index in [0.717, 1.165) is 30.0 Å². The van der Waals surface area contributed by atoms with Crippen molar-refractivity contribution in [3.63, 3.8) is 0 Å². The van der Waals surface area contributed by atoms with E-state index in [4.69, 9.17) is 0 Å². The van der Waals surface area contributed by atoms with E-state index >= 15 is 0 Å². The molecule has 0 aliphatic heterocycles. The monoisotopic (exact) mass is 411 g/mol. The maximum Gasteiger partial charge on any atom is 0.241 e. The number of anilines is 1. The smallest absolute Gasteiger partial charge is 0.241 e. The molecule has 0 aliphatic rings. The Balaban J connectivity index is 2.09. The number of nitrogens with zero attached hydrogens (tertiary/aromatic N) is 2. The Bertz CT molecular complexity index is 788. The molecule has 2 rings (SSSR count). The predicted octanol–water partition coefficient (Wildman–Crippen LogP) is 3.48. The zero-order valence-corrected chi connectivity index (χ0v) is 16.5. The van der Waals surface area contributed by atoms with Crippen molar-refractivity contribution in [3.05, 3.63) is 52.1 Å². The Labute approximate surface area is 152 Å². The van der Waals surface area contributed by atoms with Crippen LogP contribution in [0.3, 0.4) is 0 Å². The molecule has 0 radical (unpaired) electrons. The molecule has 1 aromatic carbocycles. The van der Waals surface area contributed by atoms with Crippen molar-refractivity contribution in [2.24, 2.45) is 0 Å². The number of halogens is 1. The van der Waals surface area contributed by atoms with Crippen molar-refractivity contribution in [3.8, 4) is 0 Å². The van der Waals surface area contributed by atoms with Crippen LogP contribution in [0, 0.1) is 6.92 Å². The van der Waals surface area contributed by atoms with Crippen LogP contribution in [0.4, 0.5) is 5.82 Å². The molecular formula is C17H22BrN3O2S. The molecule has 1 aromatic heterocycles. The zero-order valence-electron chi connectivity index (χ0n) is 14.1. The van der Waals surface area contributed by atoms with Crippen LogP contribution < -0.4 is 9.62 Å². The molecule has 0 atom stereocenters. The van der Waals surface area contributed by atoms with Crippen LogP contribution in [-0.4, -0.2) is 26.5 Å². The average Bonchev–Trinajstić information content (AvgIpc) is 2.55. The normalized spacial score (nSPS) is 11.5. The first-order valence-corrected chi connectivity index (χ1v) is 10.1. The van der Waals surface area contributed by atoms with Gasteiger partial charge in [-0.15, -0.1) is 0 Å². The van der Waals surface area contributed by atoms with E-state index < -0.39 is 10.0 Å². The van der Waals surface area contributed by atoms with Gasteiger partial charge in [0.15, 0.2) is 0 Å². The number of aromatic nitrogens is 1. The molecule has 130 valence electrons. The molecule has 5 nitrogen and oxygen atoms in total. The molecule has 0 bridgehead atoms. The highest BCUT2D eigenvalue weighted by molar-refractivity contribution is 9.10. The Morgan fingerprint density at radius 1 is 1.17 bits per heavy atom. The minimum absolute atomic E-state index is 0.203. The molecule has 0 saturated heterocycles. The third-order valence-corrected chi connectivity index (χ3v) is 6.12. The van der Waals surface area contributed by atoms with Crippen molar-refractivity contribution < 1.29 is 8.42 Å². The van der Waals surface area contributed by atoms with Gasteiger partial charge in [0.25, 0.3) is 0 Å². The van der Waals surface area contributed by atoms with E-state index in [9.17, 15) is 8.42 Å². The summed E-state index contributed by atoms with van der Waals surface area (Å²) in [6.07, 6.45) is 1.71. The highest BCUT2D eigenvalue weighted by Crippen LogP contribution is 2.23. The number of sulfonamides is 1. The van der Waals surface area contributed by atoms with Crippen LogP contribution in [0.5, 0.6) is 0 Å². The lowest BCUT2D eigenvalue weighted by Crippen LogP contribution is -2.24. The van der Waals surface area contributed by atoms with Crippen molar-refractivity contribution in [1.82, 2.24) is 9.71 Å².